The van der Waals surface area contributed by atoms with Crippen LogP contribution in [0.2, 0.25) is 5.02 Å². The number of carbonyl (C=O) groups is 1. The van der Waals surface area contributed by atoms with Gasteiger partial charge in [-0.2, -0.15) is 5.10 Å². The van der Waals surface area contributed by atoms with Gasteiger partial charge in [0, 0.05) is 5.56 Å². The van der Waals surface area contributed by atoms with E-state index in [1.54, 1.807) is 31.4 Å². The van der Waals surface area contributed by atoms with E-state index in [2.05, 4.69) is 5.10 Å². The molecule has 16 heavy (non-hydrogen) atoms. The van der Waals surface area contributed by atoms with Gasteiger partial charge >= 0.3 is 0 Å². The van der Waals surface area contributed by atoms with Crippen LogP contribution in [0.4, 0.5) is 0 Å². The normalized spacial score (nSPS) is 10.1. The Morgan fingerprint density at radius 3 is 2.94 bits per heavy atom. The molecule has 2 aromatic rings. The molecule has 0 aliphatic heterocycles. The van der Waals surface area contributed by atoms with Gasteiger partial charge in [-0.3, -0.25) is 4.79 Å². The van der Waals surface area contributed by atoms with Gasteiger partial charge in [0.25, 0.3) is 5.91 Å². The van der Waals surface area contributed by atoms with E-state index in [0.29, 0.717) is 16.3 Å². The van der Waals surface area contributed by atoms with E-state index >= 15 is 0 Å². The van der Waals surface area contributed by atoms with Crippen LogP contribution in [-0.2, 0) is 0 Å². The maximum atomic E-state index is 11.9. The fourth-order valence-corrected chi connectivity index (χ4v) is 1.44. The lowest BCUT2D eigenvalue weighted by Crippen LogP contribution is -2.12. The van der Waals surface area contributed by atoms with E-state index in [1.807, 2.05) is 0 Å². The summed E-state index contributed by atoms with van der Waals surface area (Å²) in [7, 11) is 1.55. The van der Waals surface area contributed by atoms with Gasteiger partial charge in [0.1, 0.15) is 5.75 Å². The zero-order chi connectivity index (χ0) is 11.5. The largest absolute Gasteiger partial charge is 0.497 e. The topological polar surface area (TPSA) is 44.1 Å². The lowest BCUT2D eigenvalue weighted by atomic mass is 10.2. The first kappa shape index (κ1) is 10.7. The summed E-state index contributed by atoms with van der Waals surface area (Å²) in [5, 5.41) is 4.27. The minimum atomic E-state index is -0.245. The molecule has 2 rings (SSSR count). The van der Waals surface area contributed by atoms with Gasteiger partial charge in [-0.15, -0.1) is 0 Å². The van der Waals surface area contributed by atoms with E-state index in [4.69, 9.17) is 16.3 Å². The number of hydrogen-bond donors (Lipinski definition) is 0. The highest BCUT2D eigenvalue weighted by atomic mass is 35.5. The van der Waals surface area contributed by atoms with Crippen molar-refractivity contribution in [3.8, 4) is 5.75 Å². The number of rotatable bonds is 2. The standard InChI is InChI=1S/C11H9ClN2O2/c1-16-10-4-2-3-8(5-10)11(15)14-7-9(12)6-13-14/h2-7H,1H3. The Morgan fingerprint density at radius 2 is 2.31 bits per heavy atom. The summed E-state index contributed by atoms with van der Waals surface area (Å²) in [4.78, 5) is 11.9. The highest BCUT2D eigenvalue weighted by Gasteiger charge is 2.10. The molecule has 0 spiro atoms. The Balaban J connectivity index is 2.33. The first-order valence-corrected chi connectivity index (χ1v) is 4.97. The molecule has 1 aromatic heterocycles. The van der Waals surface area contributed by atoms with Crippen molar-refractivity contribution in [1.29, 1.82) is 0 Å². The Kier molecular flexibility index (Phi) is 2.92. The molecule has 0 radical (unpaired) electrons. The maximum absolute atomic E-state index is 11.9. The van der Waals surface area contributed by atoms with Gasteiger partial charge in [-0.25, -0.2) is 4.68 Å². The summed E-state index contributed by atoms with van der Waals surface area (Å²) >= 11 is 5.69. The van der Waals surface area contributed by atoms with E-state index in [-0.39, 0.29) is 5.91 Å². The van der Waals surface area contributed by atoms with Gasteiger partial charge in [0.05, 0.1) is 24.5 Å². The number of hydrogen-bond acceptors (Lipinski definition) is 3. The van der Waals surface area contributed by atoms with Crippen molar-refractivity contribution in [1.82, 2.24) is 9.78 Å². The maximum Gasteiger partial charge on any atom is 0.278 e. The van der Waals surface area contributed by atoms with Crippen LogP contribution >= 0.6 is 11.6 Å². The van der Waals surface area contributed by atoms with Crippen LogP contribution in [0.15, 0.2) is 36.7 Å². The predicted molar refractivity (Wildman–Crippen MR) is 60.0 cm³/mol. The van der Waals surface area contributed by atoms with Crippen LogP contribution in [0.1, 0.15) is 10.4 Å². The Bertz CT molecular complexity index is 522. The molecule has 0 saturated heterocycles. The Hall–Kier alpha value is -1.81. The zero-order valence-electron chi connectivity index (χ0n) is 8.55. The van der Waals surface area contributed by atoms with E-state index in [0.717, 1.165) is 0 Å². The van der Waals surface area contributed by atoms with Crippen molar-refractivity contribution < 1.29 is 9.53 Å². The number of methoxy groups -OCH3 is 1. The van der Waals surface area contributed by atoms with Gasteiger partial charge in [0.15, 0.2) is 0 Å². The zero-order valence-corrected chi connectivity index (χ0v) is 9.31. The molecule has 4 nitrogen and oxygen atoms in total. The third-order valence-corrected chi connectivity index (χ3v) is 2.27. The molecule has 0 N–H and O–H groups in total. The second kappa shape index (κ2) is 4.37. The minimum Gasteiger partial charge on any atom is -0.497 e. The molecule has 0 fully saturated rings. The fraction of sp³-hybridized carbons (Fsp3) is 0.0909. The molecule has 1 aromatic carbocycles. The molecule has 0 aliphatic rings. The summed E-state index contributed by atoms with van der Waals surface area (Å²) in [5.41, 5.74) is 0.499. The second-order valence-corrected chi connectivity index (χ2v) is 3.58. The van der Waals surface area contributed by atoms with Gasteiger partial charge in [-0.1, -0.05) is 17.7 Å². The molecule has 0 saturated carbocycles. The van der Waals surface area contributed by atoms with Crippen molar-refractivity contribution >= 4 is 17.5 Å². The van der Waals surface area contributed by atoms with Crippen LogP contribution in [0.25, 0.3) is 0 Å². The number of nitrogens with zero attached hydrogens (tertiary/aromatic N) is 2. The summed E-state index contributed by atoms with van der Waals surface area (Å²) in [5.74, 6) is 0.384. The van der Waals surface area contributed by atoms with E-state index in [1.165, 1.54) is 17.1 Å². The first-order chi connectivity index (χ1) is 7.70. The first-order valence-electron chi connectivity index (χ1n) is 4.59. The molecule has 0 aliphatic carbocycles. The monoisotopic (exact) mass is 236 g/mol. The molecule has 82 valence electrons. The average molecular weight is 237 g/mol. The molecular formula is C11H9ClN2O2. The number of halogens is 1. The highest BCUT2D eigenvalue weighted by molar-refractivity contribution is 6.30. The van der Waals surface area contributed by atoms with Gasteiger partial charge in [0.2, 0.25) is 0 Å². The van der Waals surface area contributed by atoms with Crippen LogP contribution < -0.4 is 4.74 Å². The van der Waals surface area contributed by atoms with Crippen LogP contribution in [0.5, 0.6) is 5.75 Å². The minimum absolute atomic E-state index is 0.245. The van der Waals surface area contributed by atoms with E-state index in [9.17, 15) is 4.79 Å². The molecule has 5 heteroatoms. The molecule has 0 unspecified atom stereocenters. The van der Waals surface area contributed by atoms with Crippen molar-refractivity contribution in [2.24, 2.45) is 0 Å². The van der Waals surface area contributed by atoms with Crippen molar-refractivity contribution in [3.63, 3.8) is 0 Å². The predicted octanol–water partition coefficient (Wildman–Crippen LogP) is 2.23. The third kappa shape index (κ3) is 2.06. The highest BCUT2D eigenvalue weighted by Crippen LogP contribution is 2.14. The average Bonchev–Trinajstić information content (AvgIpc) is 2.75. The van der Waals surface area contributed by atoms with Gasteiger partial charge < -0.3 is 4.74 Å². The van der Waals surface area contributed by atoms with Crippen LogP contribution in [0.3, 0.4) is 0 Å². The number of benzene rings is 1. The fourth-order valence-electron chi connectivity index (χ4n) is 1.30. The second-order valence-electron chi connectivity index (χ2n) is 3.14. The summed E-state index contributed by atoms with van der Waals surface area (Å²) in [6, 6.07) is 6.86. The number of aromatic nitrogens is 2. The smallest absolute Gasteiger partial charge is 0.278 e. The quantitative estimate of drug-likeness (QED) is 0.803. The lowest BCUT2D eigenvalue weighted by molar-refractivity contribution is 0.0945. The molecular weight excluding hydrogens is 228 g/mol. The molecule has 0 amide bonds. The summed E-state index contributed by atoms with van der Waals surface area (Å²) < 4.78 is 6.23. The van der Waals surface area contributed by atoms with Crippen molar-refractivity contribution in [2.75, 3.05) is 7.11 Å². The van der Waals surface area contributed by atoms with Crippen molar-refractivity contribution in [3.05, 3.63) is 47.2 Å². The lowest BCUT2D eigenvalue weighted by Gasteiger charge is -2.03. The Morgan fingerprint density at radius 1 is 1.50 bits per heavy atom. The van der Waals surface area contributed by atoms with Crippen molar-refractivity contribution in [2.45, 2.75) is 0 Å². The van der Waals surface area contributed by atoms with E-state index < -0.39 is 0 Å². The molecule has 0 bridgehead atoms. The van der Waals surface area contributed by atoms with Gasteiger partial charge in [-0.05, 0) is 18.2 Å². The number of carbonyl (C=O) groups excluding carboxylic acids is 1. The van der Waals surface area contributed by atoms with Crippen LogP contribution in [-0.4, -0.2) is 22.8 Å². The summed E-state index contributed by atoms with van der Waals surface area (Å²) in [6.07, 6.45) is 2.88. The summed E-state index contributed by atoms with van der Waals surface area (Å²) in [6.45, 7) is 0. The third-order valence-electron chi connectivity index (χ3n) is 2.08. The molecule has 1 heterocycles. The SMILES string of the molecule is COc1cccc(C(=O)n2cc(Cl)cn2)c1. The molecule has 0 atom stereocenters. The van der Waals surface area contributed by atoms with Crippen LogP contribution in [0, 0.1) is 0 Å². The number of ether oxygens (including phenoxy) is 1. The Labute approximate surface area is 97.4 Å².